The van der Waals surface area contributed by atoms with Crippen LogP contribution in [0.1, 0.15) is 69.9 Å². The average molecular weight is 541 g/mol. The molecule has 0 bridgehead atoms. The minimum atomic E-state index is -1.21. The third-order valence-corrected chi connectivity index (χ3v) is 8.25. The number of carbonyl (C=O) groups is 4. The van der Waals surface area contributed by atoms with E-state index >= 15 is 0 Å². The summed E-state index contributed by atoms with van der Waals surface area (Å²) in [6.45, 7) is 6.80. The van der Waals surface area contributed by atoms with Gasteiger partial charge in [-0.05, 0) is 62.0 Å². The quantitative estimate of drug-likeness (QED) is 0.610. The van der Waals surface area contributed by atoms with Gasteiger partial charge in [-0.2, -0.15) is 0 Å². The monoisotopic (exact) mass is 540 g/mol. The van der Waals surface area contributed by atoms with Crippen LogP contribution in [0, 0.1) is 11.8 Å². The molecule has 214 valence electrons. The lowest BCUT2D eigenvalue weighted by atomic mass is 9.75. The fourth-order valence-corrected chi connectivity index (χ4v) is 5.98. The first kappa shape index (κ1) is 29.1. The van der Waals surface area contributed by atoms with Crippen LogP contribution in [-0.4, -0.2) is 79.4 Å². The first-order valence-corrected chi connectivity index (χ1v) is 14.6. The zero-order chi connectivity index (χ0) is 27.8. The molecule has 0 aromatic heterocycles. The summed E-state index contributed by atoms with van der Waals surface area (Å²) in [5.74, 6) is -0.337. The number of hydrogen-bond acceptors (Lipinski definition) is 5. The van der Waals surface area contributed by atoms with Crippen LogP contribution in [0.3, 0.4) is 0 Å². The van der Waals surface area contributed by atoms with E-state index in [0.717, 1.165) is 30.4 Å². The molecule has 4 rings (SSSR count). The molecule has 4 amide bonds. The third kappa shape index (κ3) is 7.18. The number of amides is 4. The number of aryl methyl sites for hydroxylation is 1. The Hall–Kier alpha value is -2.94. The van der Waals surface area contributed by atoms with E-state index in [-0.39, 0.29) is 49.1 Å². The molecule has 1 atom stereocenters. The van der Waals surface area contributed by atoms with E-state index in [9.17, 15) is 19.2 Å². The van der Waals surface area contributed by atoms with E-state index in [2.05, 4.69) is 24.5 Å². The summed E-state index contributed by atoms with van der Waals surface area (Å²) in [4.78, 5) is 57.5. The molecule has 2 saturated heterocycles. The van der Waals surface area contributed by atoms with Gasteiger partial charge >= 0.3 is 0 Å². The molecule has 1 aliphatic carbocycles. The van der Waals surface area contributed by atoms with Gasteiger partial charge in [0.05, 0.1) is 6.54 Å². The first-order valence-electron chi connectivity index (χ1n) is 14.6. The van der Waals surface area contributed by atoms with Crippen molar-refractivity contribution in [1.29, 1.82) is 0 Å². The maximum absolute atomic E-state index is 13.9. The van der Waals surface area contributed by atoms with Gasteiger partial charge in [0.15, 0.2) is 0 Å². The standard InChI is InChI=1S/C30H44N4O5/c1-22(2)11-17-34-21-26(35)32-30(14-5-8-23-7-3-4-9-25(23)30)29(38)31-15-18-33(16-6-10-27(34)36)28(37)24-12-19-39-20-13-24/h3-4,7,9,22,24H,5-6,8,10-21H2,1-2H3,(H,31,38)(H,32,35). The maximum Gasteiger partial charge on any atom is 0.250 e. The number of ether oxygens (including phenoxy) is 1. The van der Waals surface area contributed by atoms with Crippen LogP contribution in [0.25, 0.3) is 0 Å². The van der Waals surface area contributed by atoms with Gasteiger partial charge in [0.2, 0.25) is 17.7 Å². The Bertz CT molecular complexity index is 1040. The summed E-state index contributed by atoms with van der Waals surface area (Å²) >= 11 is 0. The number of nitrogens with zero attached hydrogens (tertiary/aromatic N) is 2. The summed E-state index contributed by atoms with van der Waals surface area (Å²) in [5.41, 5.74) is 0.645. The second-order valence-electron chi connectivity index (χ2n) is 11.5. The molecule has 9 heteroatoms. The summed E-state index contributed by atoms with van der Waals surface area (Å²) in [5, 5.41) is 6.13. The van der Waals surface area contributed by atoms with E-state index in [1.165, 1.54) is 0 Å². The average Bonchev–Trinajstić information content (AvgIpc) is 2.94. The predicted molar refractivity (Wildman–Crippen MR) is 148 cm³/mol. The molecule has 1 aromatic carbocycles. The Morgan fingerprint density at radius 1 is 1.08 bits per heavy atom. The topological polar surface area (TPSA) is 108 Å². The molecule has 1 aromatic rings. The van der Waals surface area contributed by atoms with E-state index in [1.54, 1.807) is 9.80 Å². The lowest BCUT2D eigenvalue weighted by Crippen LogP contribution is -2.60. The van der Waals surface area contributed by atoms with Crippen LogP contribution < -0.4 is 10.6 Å². The Kier molecular flexibility index (Phi) is 9.99. The Morgan fingerprint density at radius 2 is 1.85 bits per heavy atom. The van der Waals surface area contributed by atoms with Crippen LogP contribution in [0.15, 0.2) is 24.3 Å². The van der Waals surface area contributed by atoms with Gasteiger partial charge in [0.1, 0.15) is 5.54 Å². The smallest absolute Gasteiger partial charge is 0.250 e. The molecule has 0 saturated carbocycles. The van der Waals surface area contributed by atoms with Crippen molar-refractivity contribution in [2.75, 3.05) is 45.9 Å². The van der Waals surface area contributed by atoms with Gasteiger partial charge < -0.3 is 25.2 Å². The normalized spacial score (nSPS) is 24.2. The molecule has 9 nitrogen and oxygen atoms in total. The van der Waals surface area contributed by atoms with E-state index in [0.29, 0.717) is 64.4 Å². The van der Waals surface area contributed by atoms with Gasteiger partial charge in [-0.15, -0.1) is 0 Å². The minimum absolute atomic E-state index is 0.0646. The van der Waals surface area contributed by atoms with E-state index < -0.39 is 5.54 Å². The van der Waals surface area contributed by atoms with Crippen molar-refractivity contribution < 1.29 is 23.9 Å². The number of nitrogens with one attached hydrogen (secondary N) is 2. The largest absolute Gasteiger partial charge is 0.381 e. The van der Waals surface area contributed by atoms with Crippen molar-refractivity contribution in [2.45, 2.75) is 70.8 Å². The molecule has 1 unspecified atom stereocenters. The number of carbonyl (C=O) groups excluding carboxylic acids is 4. The highest BCUT2D eigenvalue weighted by atomic mass is 16.5. The van der Waals surface area contributed by atoms with Gasteiger partial charge in [0.25, 0.3) is 5.91 Å². The molecule has 2 N–H and O–H groups in total. The molecule has 39 heavy (non-hydrogen) atoms. The molecule has 0 radical (unpaired) electrons. The second-order valence-corrected chi connectivity index (χ2v) is 11.5. The lowest BCUT2D eigenvalue weighted by molar-refractivity contribution is -0.141. The Balaban J connectivity index is 1.61. The first-order chi connectivity index (χ1) is 18.8. The highest BCUT2D eigenvalue weighted by molar-refractivity contribution is 5.94. The van der Waals surface area contributed by atoms with Crippen molar-refractivity contribution in [3.8, 4) is 0 Å². The maximum atomic E-state index is 13.9. The highest BCUT2D eigenvalue weighted by Gasteiger charge is 2.45. The van der Waals surface area contributed by atoms with Crippen LogP contribution >= 0.6 is 0 Å². The molecular weight excluding hydrogens is 496 g/mol. The van der Waals surface area contributed by atoms with Crippen molar-refractivity contribution in [2.24, 2.45) is 11.8 Å². The number of rotatable bonds is 4. The zero-order valence-electron chi connectivity index (χ0n) is 23.5. The minimum Gasteiger partial charge on any atom is -0.381 e. The molecular formula is C30H44N4O5. The van der Waals surface area contributed by atoms with Crippen molar-refractivity contribution in [1.82, 2.24) is 20.4 Å². The molecule has 2 fully saturated rings. The zero-order valence-corrected chi connectivity index (χ0v) is 23.5. The van der Waals surface area contributed by atoms with Crippen molar-refractivity contribution >= 4 is 23.6 Å². The summed E-state index contributed by atoms with van der Waals surface area (Å²) in [7, 11) is 0. The number of hydrogen-bond donors (Lipinski definition) is 2. The molecule has 2 heterocycles. The van der Waals surface area contributed by atoms with Crippen LogP contribution in [-0.2, 0) is 35.9 Å². The summed E-state index contributed by atoms with van der Waals surface area (Å²) < 4.78 is 5.44. The van der Waals surface area contributed by atoms with Crippen LogP contribution in [0.4, 0.5) is 0 Å². The van der Waals surface area contributed by atoms with E-state index in [4.69, 9.17) is 4.74 Å². The summed E-state index contributed by atoms with van der Waals surface area (Å²) in [6, 6.07) is 7.77. The van der Waals surface area contributed by atoms with Crippen LogP contribution in [0.5, 0.6) is 0 Å². The highest BCUT2D eigenvalue weighted by Crippen LogP contribution is 2.36. The fraction of sp³-hybridized carbons (Fsp3) is 0.667. The lowest BCUT2D eigenvalue weighted by Gasteiger charge is -2.39. The summed E-state index contributed by atoms with van der Waals surface area (Å²) in [6.07, 6.45) is 5.02. The van der Waals surface area contributed by atoms with Gasteiger partial charge in [-0.1, -0.05) is 38.1 Å². The Labute approximate surface area is 232 Å². The predicted octanol–water partition coefficient (Wildman–Crippen LogP) is 2.37. The molecule has 1 spiro atoms. The third-order valence-electron chi connectivity index (χ3n) is 8.25. The van der Waals surface area contributed by atoms with Crippen LogP contribution in [0.2, 0.25) is 0 Å². The van der Waals surface area contributed by atoms with E-state index in [1.807, 2.05) is 24.3 Å². The number of benzene rings is 1. The van der Waals surface area contributed by atoms with Gasteiger partial charge in [0, 0.05) is 51.7 Å². The van der Waals surface area contributed by atoms with Gasteiger partial charge in [-0.3, -0.25) is 19.2 Å². The van der Waals surface area contributed by atoms with Crippen molar-refractivity contribution in [3.05, 3.63) is 35.4 Å². The van der Waals surface area contributed by atoms with Gasteiger partial charge in [-0.25, -0.2) is 0 Å². The van der Waals surface area contributed by atoms with Crippen molar-refractivity contribution in [3.63, 3.8) is 0 Å². The fourth-order valence-electron chi connectivity index (χ4n) is 5.98. The molecule has 2 aliphatic heterocycles. The number of fused-ring (bicyclic) bond motifs is 2. The SMILES string of the molecule is CC(C)CCN1CC(=O)NC2(CCCc3ccccc32)C(=O)NCCN(C(=O)C2CCOCC2)CCCC1=O. The Morgan fingerprint density at radius 3 is 2.62 bits per heavy atom. The second kappa shape index (κ2) is 13.4. The molecule has 3 aliphatic rings.